The van der Waals surface area contributed by atoms with Crippen molar-refractivity contribution in [1.82, 2.24) is 0 Å². The first-order valence-corrected chi connectivity index (χ1v) is 7.61. The van der Waals surface area contributed by atoms with Crippen LogP contribution in [0, 0.1) is 0 Å². The fourth-order valence-electron chi connectivity index (χ4n) is 2.30. The number of ether oxygens (including phenoxy) is 2. The maximum Gasteiger partial charge on any atom is 0.186 e. The van der Waals surface area contributed by atoms with Gasteiger partial charge in [0.2, 0.25) is 0 Å². The van der Waals surface area contributed by atoms with E-state index in [1.165, 1.54) is 0 Å². The van der Waals surface area contributed by atoms with E-state index in [2.05, 4.69) is 6.92 Å². The molecule has 1 rings (SSSR count). The van der Waals surface area contributed by atoms with Crippen molar-refractivity contribution >= 4 is 0 Å². The number of hydrogen-bond acceptors (Lipinski definition) is 7. The fraction of sp³-hybridized carbons (Fsp3) is 1.00. The van der Waals surface area contributed by atoms with Gasteiger partial charge in [-0.25, -0.2) is 0 Å². The highest BCUT2D eigenvalue weighted by atomic mass is 16.7. The summed E-state index contributed by atoms with van der Waals surface area (Å²) in [6.45, 7) is 1.77. The standard InChI is InChI=1S/C14H28O7/c1-2-3-4-5-9(16)6-7-20-14-13(19)12(18)11(17)10(8-15)21-14/h9-19H,2-8H2,1H3. The van der Waals surface area contributed by atoms with E-state index in [9.17, 15) is 20.4 Å². The summed E-state index contributed by atoms with van der Waals surface area (Å²) in [7, 11) is 0. The molecule has 0 bridgehead atoms. The van der Waals surface area contributed by atoms with E-state index in [1.807, 2.05) is 0 Å². The van der Waals surface area contributed by atoms with Crippen LogP contribution in [0.4, 0.5) is 0 Å². The minimum atomic E-state index is -1.43. The van der Waals surface area contributed by atoms with Gasteiger partial charge in [-0.2, -0.15) is 0 Å². The predicted octanol–water partition coefficient (Wildman–Crippen LogP) is -0.866. The highest BCUT2D eigenvalue weighted by molar-refractivity contribution is 4.88. The molecule has 1 saturated heterocycles. The Hall–Kier alpha value is -0.280. The molecule has 0 aromatic carbocycles. The van der Waals surface area contributed by atoms with Gasteiger partial charge in [0.25, 0.3) is 0 Å². The maximum absolute atomic E-state index is 9.76. The Labute approximate surface area is 125 Å². The van der Waals surface area contributed by atoms with Crippen LogP contribution >= 0.6 is 0 Å². The minimum absolute atomic E-state index is 0.163. The zero-order valence-electron chi connectivity index (χ0n) is 12.5. The molecule has 21 heavy (non-hydrogen) atoms. The number of aliphatic hydroxyl groups excluding tert-OH is 5. The third-order valence-corrected chi connectivity index (χ3v) is 3.72. The van der Waals surface area contributed by atoms with Crippen LogP contribution in [0.1, 0.15) is 39.0 Å². The van der Waals surface area contributed by atoms with E-state index in [1.54, 1.807) is 0 Å². The van der Waals surface area contributed by atoms with Crippen molar-refractivity contribution in [2.45, 2.75) is 75.8 Å². The normalized spacial score (nSPS) is 34.9. The van der Waals surface area contributed by atoms with Gasteiger partial charge in [-0.1, -0.05) is 26.2 Å². The lowest BCUT2D eigenvalue weighted by Crippen LogP contribution is -2.59. The highest BCUT2D eigenvalue weighted by Crippen LogP contribution is 2.22. The highest BCUT2D eigenvalue weighted by Gasteiger charge is 2.43. The Kier molecular flexibility index (Phi) is 8.65. The lowest BCUT2D eigenvalue weighted by molar-refractivity contribution is -0.301. The Morgan fingerprint density at radius 2 is 1.76 bits per heavy atom. The predicted molar refractivity (Wildman–Crippen MR) is 74.5 cm³/mol. The van der Waals surface area contributed by atoms with Gasteiger partial charge in [0.05, 0.1) is 19.3 Å². The molecule has 6 atom stereocenters. The van der Waals surface area contributed by atoms with Crippen LogP contribution in [-0.4, -0.2) is 75.6 Å². The first-order chi connectivity index (χ1) is 10.0. The summed E-state index contributed by atoms with van der Waals surface area (Å²) in [6, 6.07) is 0. The molecule has 1 aliphatic rings. The van der Waals surface area contributed by atoms with Gasteiger partial charge in [0.1, 0.15) is 24.4 Å². The number of aliphatic hydroxyl groups is 5. The summed E-state index contributed by atoms with van der Waals surface area (Å²) in [5.74, 6) is 0. The second kappa shape index (κ2) is 9.68. The molecule has 1 fully saturated rings. The molecule has 0 aromatic rings. The molecule has 1 heterocycles. The Bertz CT molecular complexity index is 274. The van der Waals surface area contributed by atoms with Gasteiger partial charge < -0.3 is 35.0 Å². The summed E-state index contributed by atoms with van der Waals surface area (Å²) in [6.07, 6.45) is -2.55. The van der Waals surface area contributed by atoms with Gasteiger partial charge in [0, 0.05) is 0 Å². The molecule has 0 aliphatic carbocycles. The molecule has 0 saturated carbocycles. The van der Waals surface area contributed by atoms with Crippen LogP contribution < -0.4 is 0 Å². The van der Waals surface area contributed by atoms with Gasteiger partial charge in [-0.05, 0) is 12.8 Å². The molecule has 7 heteroatoms. The lowest BCUT2D eigenvalue weighted by atomic mass is 9.99. The van der Waals surface area contributed by atoms with Crippen molar-refractivity contribution in [2.75, 3.05) is 13.2 Å². The van der Waals surface area contributed by atoms with Crippen molar-refractivity contribution in [3.63, 3.8) is 0 Å². The summed E-state index contributed by atoms with van der Waals surface area (Å²) in [5.41, 5.74) is 0. The van der Waals surface area contributed by atoms with Crippen molar-refractivity contribution in [3.8, 4) is 0 Å². The summed E-state index contributed by atoms with van der Waals surface area (Å²) in [5, 5.41) is 47.8. The number of hydrogen-bond donors (Lipinski definition) is 5. The first kappa shape index (κ1) is 18.8. The van der Waals surface area contributed by atoms with E-state index < -0.39 is 43.4 Å². The topological polar surface area (TPSA) is 120 Å². The molecular formula is C14H28O7. The molecule has 7 nitrogen and oxygen atoms in total. The van der Waals surface area contributed by atoms with Crippen molar-refractivity contribution in [3.05, 3.63) is 0 Å². The van der Waals surface area contributed by atoms with Gasteiger partial charge >= 0.3 is 0 Å². The zero-order chi connectivity index (χ0) is 15.8. The van der Waals surface area contributed by atoms with Crippen molar-refractivity contribution < 1.29 is 35.0 Å². The van der Waals surface area contributed by atoms with Gasteiger partial charge in [-0.3, -0.25) is 0 Å². The average Bonchev–Trinajstić information content (AvgIpc) is 2.47. The summed E-state index contributed by atoms with van der Waals surface area (Å²) < 4.78 is 10.5. The molecule has 1 aliphatic heterocycles. The molecule has 5 N–H and O–H groups in total. The Morgan fingerprint density at radius 1 is 1.05 bits per heavy atom. The largest absolute Gasteiger partial charge is 0.394 e. The van der Waals surface area contributed by atoms with E-state index in [-0.39, 0.29) is 6.61 Å². The zero-order valence-corrected chi connectivity index (χ0v) is 12.5. The lowest BCUT2D eigenvalue weighted by Gasteiger charge is -2.39. The van der Waals surface area contributed by atoms with E-state index >= 15 is 0 Å². The molecule has 0 spiro atoms. The monoisotopic (exact) mass is 308 g/mol. The summed E-state index contributed by atoms with van der Waals surface area (Å²) in [4.78, 5) is 0. The van der Waals surface area contributed by atoms with E-state index in [0.29, 0.717) is 12.8 Å². The quantitative estimate of drug-likeness (QED) is 0.351. The minimum Gasteiger partial charge on any atom is -0.394 e. The first-order valence-electron chi connectivity index (χ1n) is 7.61. The number of unbranched alkanes of at least 4 members (excludes halogenated alkanes) is 2. The molecule has 126 valence electrons. The molecule has 6 unspecified atom stereocenters. The molecule has 0 amide bonds. The third kappa shape index (κ3) is 5.78. The molecular weight excluding hydrogens is 280 g/mol. The van der Waals surface area contributed by atoms with E-state index in [0.717, 1.165) is 19.3 Å². The smallest absolute Gasteiger partial charge is 0.186 e. The SMILES string of the molecule is CCCCCC(O)CCOC1OC(CO)C(O)C(O)C1O. The van der Waals surface area contributed by atoms with Crippen LogP contribution in [0.25, 0.3) is 0 Å². The van der Waals surface area contributed by atoms with Crippen LogP contribution in [0.5, 0.6) is 0 Å². The van der Waals surface area contributed by atoms with Crippen LogP contribution in [0.2, 0.25) is 0 Å². The molecule has 0 aromatic heterocycles. The average molecular weight is 308 g/mol. The molecule has 0 radical (unpaired) electrons. The van der Waals surface area contributed by atoms with Gasteiger partial charge in [-0.15, -0.1) is 0 Å². The second-order valence-corrected chi connectivity index (χ2v) is 5.51. The van der Waals surface area contributed by atoms with E-state index in [4.69, 9.17) is 14.6 Å². The Morgan fingerprint density at radius 3 is 2.38 bits per heavy atom. The third-order valence-electron chi connectivity index (χ3n) is 3.72. The van der Waals surface area contributed by atoms with Crippen molar-refractivity contribution in [2.24, 2.45) is 0 Å². The van der Waals surface area contributed by atoms with Crippen LogP contribution in [0.15, 0.2) is 0 Å². The number of rotatable bonds is 9. The summed E-state index contributed by atoms with van der Waals surface area (Å²) >= 11 is 0. The van der Waals surface area contributed by atoms with Gasteiger partial charge in [0.15, 0.2) is 6.29 Å². The second-order valence-electron chi connectivity index (χ2n) is 5.51. The fourth-order valence-corrected chi connectivity index (χ4v) is 2.30. The Balaban J connectivity index is 2.30. The van der Waals surface area contributed by atoms with Crippen LogP contribution in [-0.2, 0) is 9.47 Å². The van der Waals surface area contributed by atoms with Crippen LogP contribution in [0.3, 0.4) is 0 Å². The van der Waals surface area contributed by atoms with Crippen molar-refractivity contribution in [1.29, 1.82) is 0 Å². The maximum atomic E-state index is 9.76.